The smallest absolute Gasteiger partial charge is 0.311 e. The number of alkyl halides is 2. The quantitative estimate of drug-likeness (QED) is 0.0671. The molecule has 0 fully saturated rings. The summed E-state index contributed by atoms with van der Waals surface area (Å²) in [6.45, 7) is 7.79. The van der Waals surface area contributed by atoms with E-state index >= 15 is 0 Å². The molecule has 1 N–H and O–H groups in total. The third kappa shape index (κ3) is 10.0. The number of nitrogens with zero attached hydrogens (tertiary/aromatic N) is 4. The normalized spacial score (nSPS) is 15.1. The molecule has 8 bridgehead atoms. The number of aryl methyl sites for hydroxylation is 4. The Kier molecular flexibility index (Phi) is 13.7. The number of aromatic nitrogens is 1. The molecular weight excluding hydrogens is 906 g/mol. The highest BCUT2D eigenvalue weighted by Gasteiger charge is 2.27. The van der Waals surface area contributed by atoms with Crippen LogP contribution in [0, 0.1) is 20.8 Å². The number of allylic oxidation sites excluding steroid dienone is 7. The Morgan fingerprint density at radius 1 is 0.571 bits per heavy atom. The lowest BCUT2D eigenvalue weighted by Crippen LogP contribution is -2.27. The first kappa shape index (κ1) is 46.4. The molecular formula is C61H53Cl2N5O2. The number of nitrogens with one attached hydrogen (secondary N) is 1. The molecule has 0 unspecified atom stereocenters. The molecule has 0 aliphatic carbocycles. The summed E-state index contributed by atoms with van der Waals surface area (Å²) in [4.78, 5) is 35.5. The van der Waals surface area contributed by atoms with Gasteiger partial charge in [-0.1, -0.05) is 120 Å². The van der Waals surface area contributed by atoms with Crippen LogP contribution in [0.3, 0.4) is 0 Å². The maximum absolute atomic E-state index is 13.2. The van der Waals surface area contributed by atoms with E-state index in [9.17, 15) is 4.79 Å². The minimum Gasteiger partial charge on any atom is -0.427 e. The molecule has 1 aromatic heterocycles. The van der Waals surface area contributed by atoms with Crippen molar-refractivity contribution in [2.24, 2.45) is 15.0 Å². The van der Waals surface area contributed by atoms with Gasteiger partial charge < -0.3 is 14.6 Å². The highest BCUT2D eigenvalue weighted by atomic mass is 35.5. The van der Waals surface area contributed by atoms with Crippen LogP contribution in [0.5, 0.6) is 5.75 Å². The molecule has 0 saturated carbocycles. The summed E-state index contributed by atoms with van der Waals surface area (Å²) in [5.41, 5.74) is 18.9. The number of carbonyl (C=O) groups is 1. The van der Waals surface area contributed by atoms with E-state index in [2.05, 4.69) is 170 Å². The first-order chi connectivity index (χ1) is 34.2. The number of anilines is 1. The van der Waals surface area contributed by atoms with E-state index in [0.29, 0.717) is 36.8 Å². The van der Waals surface area contributed by atoms with Crippen LogP contribution >= 0.6 is 23.2 Å². The number of halogens is 2. The molecule has 4 aliphatic heterocycles. The Morgan fingerprint density at radius 2 is 1.06 bits per heavy atom. The van der Waals surface area contributed by atoms with E-state index in [4.69, 9.17) is 42.9 Å². The molecule has 6 aromatic rings. The maximum atomic E-state index is 13.2. The summed E-state index contributed by atoms with van der Waals surface area (Å²) in [5, 5.41) is 1.81. The fourth-order valence-corrected chi connectivity index (χ4v) is 9.81. The highest BCUT2D eigenvalue weighted by Crippen LogP contribution is 2.39. The number of H-pyrrole nitrogens is 1. The molecule has 0 amide bonds. The van der Waals surface area contributed by atoms with Gasteiger partial charge in [-0.2, -0.15) is 0 Å². The van der Waals surface area contributed by atoms with Crippen molar-refractivity contribution in [1.82, 2.24) is 4.98 Å². The van der Waals surface area contributed by atoms with Crippen molar-refractivity contribution in [2.45, 2.75) is 46.5 Å². The zero-order chi connectivity index (χ0) is 48.1. The topological polar surface area (TPSA) is 82.4 Å². The number of hydrogen-bond acceptors (Lipinski definition) is 6. The van der Waals surface area contributed by atoms with E-state index in [-0.39, 0.29) is 5.97 Å². The Hall–Kier alpha value is -7.32. The second-order valence-corrected chi connectivity index (χ2v) is 18.8. The largest absolute Gasteiger partial charge is 0.427 e. The lowest BCUT2D eigenvalue weighted by Gasteiger charge is -2.23. The van der Waals surface area contributed by atoms with E-state index in [1.165, 1.54) is 16.7 Å². The second kappa shape index (κ2) is 20.7. The number of fused-ring (bicyclic) bond motifs is 5. The minimum absolute atomic E-state index is 0.271. The Labute approximate surface area is 419 Å². The van der Waals surface area contributed by atoms with Gasteiger partial charge >= 0.3 is 5.97 Å². The predicted octanol–water partition coefficient (Wildman–Crippen LogP) is 12.1. The third-order valence-corrected chi connectivity index (χ3v) is 13.4. The number of benzene rings is 5. The fourth-order valence-electron chi connectivity index (χ4n) is 9.40. The average Bonchev–Trinajstić information content (AvgIpc) is 4.23. The number of aromatic amines is 1. The number of ether oxygens (including phenoxy) is 1. The fraction of sp³-hybridized carbons (Fsp3) is 0.180. The second-order valence-electron chi connectivity index (χ2n) is 18.1. The number of esters is 1. The van der Waals surface area contributed by atoms with Crippen LogP contribution in [0.1, 0.15) is 63.8 Å². The van der Waals surface area contributed by atoms with Gasteiger partial charge in [0.2, 0.25) is 0 Å². The molecule has 348 valence electrons. The van der Waals surface area contributed by atoms with Gasteiger partial charge in [0.1, 0.15) is 5.75 Å². The molecule has 9 heteroatoms. The first-order valence-electron chi connectivity index (χ1n) is 23.9. The van der Waals surface area contributed by atoms with E-state index in [1.807, 2.05) is 24.3 Å². The van der Waals surface area contributed by atoms with Crippen molar-refractivity contribution in [2.75, 3.05) is 29.7 Å². The van der Waals surface area contributed by atoms with Crippen molar-refractivity contribution in [3.8, 4) is 5.75 Å². The average molecular weight is 959 g/mol. The lowest BCUT2D eigenvalue weighted by molar-refractivity contribution is -0.134. The van der Waals surface area contributed by atoms with Crippen molar-refractivity contribution in [1.29, 1.82) is 0 Å². The van der Waals surface area contributed by atoms with E-state index in [1.54, 1.807) is 0 Å². The molecule has 7 nitrogen and oxygen atoms in total. The van der Waals surface area contributed by atoms with Gasteiger partial charge in [0.05, 0.1) is 34.2 Å². The van der Waals surface area contributed by atoms with Crippen molar-refractivity contribution < 1.29 is 9.53 Å². The SMILES string of the molecule is Cc1ccc(C2=C3C=CC(=N3)C(c3ccc(C)cc3)=c3ccc([nH]3)=C(c3ccc(OC(=O)CCCc4ccc(N(CCCl)CCCl)cc4)cc3)C3=NC(=C(c4ccc(C)cc4)C4=NC2=CC4)C=C3)cc1. The molecule has 4 aliphatic rings. The van der Waals surface area contributed by atoms with Crippen LogP contribution < -0.4 is 20.3 Å². The molecule has 0 radical (unpaired) electrons. The molecule has 0 saturated heterocycles. The summed E-state index contributed by atoms with van der Waals surface area (Å²) < 4.78 is 5.90. The van der Waals surface area contributed by atoms with Gasteiger partial charge in [-0.15, -0.1) is 23.2 Å². The monoisotopic (exact) mass is 957 g/mol. The predicted molar refractivity (Wildman–Crippen MR) is 291 cm³/mol. The molecule has 0 spiro atoms. The Balaban J connectivity index is 1.04. The number of carbonyl (C=O) groups excluding carboxylic acids is 1. The zero-order valence-electron chi connectivity index (χ0n) is 39.6. The molecule has 0 atom stereocenters. The van der Waals surface area contributed by atoms with Crippen LogP contribution in [0.25, 0.3) is 22.3 Å². The lowest BCUT2D eigenvalue weighted by atomic mass is 9.96. The van der Waals surface area contributed by atoms with Gasteiger partial charge in [-0.3, -0.25) is 9.79 Å². The minimum atomic E-state index is -0.271. The van der Waals surface area contributed by atoms with Gasteiger partial charge in [0.25, 0.3) is 0 Å². The number of hydrogen-bond donors (Lipinski definition) is 1. The Bertz CT molecular complexity index is 3360. The van der Waals surface area contributed by atoms with Crippen molar-refractivity contribution in [3.63, 3.8) is 0 Å². The highest BCUT2D eigenvalue weighted by molar-refractivity contribution is 6.34. The number of rotatable bonds is 14. The zero-order valence-corrected chi connectivity index (χ0v) is 41.1. The van der Waals surface area contributed by atoms with Crippen LogP contribution in [0.4, 0.5) is 5.69 Å². The summed E-state index contributed by atoms with van der Waals surface area (Å²) in [6.07, 6.45) is 13.0. The van der Waals surface area contributed by atoms with Crippen molar-refractivity contribution in [3.05, 3.63) is 236 Å². The van der Waals surface area contributed by atoms with Crippen LogP contribution in [-0.4, -0.2) is 52.9 Å². The number of aliphatic imine (C=N–C) groups is 3. The van der Waals surface area contributed by atoms with Gasteiger partial charge in [-0.25, -0.2) is 9.98 Å². The van der Waals surface area contributed by atoms with Gasteiger partial charge in [0, 0.05) is 76.4 Å². The molecule has 5 aromatic carbocycles. The third-order valence-electron chi connectivity index (χ3n) is 13.1. The van der Waals surface area contributed by atoms with Crippen LogP contribution in [0.2, 0.25) is 0 Å². The standard InChI is InChI=1S/C61H53Cl2N5O2/c1-39-7-15-43(16-8-39)58-49-27-29-51(64-49)59(44-17-9-40(2)10-18-44)53-31-33-55(66-53)61(56-34-32-54(67-56)60(52-30-28-50(58)65-52)45-19-11-41(3)12-20-45)46-21-25-48(26-22-46)70-57(69)6-4-5-42-13-23-47(24-14-42)68(37-35-62)38-36-63/h7-29,31-34,66H,4-6,30,35-38H2,1-3H3. The first-order valence-corrected chi connectivity index (χ1v) is 25.0. The van der Waals surface area contributed by atoms with Crippen molar-refractivity contribution >= 4 is 74.3 Å². The van der Waals surface area contributed by atoms with Crippen LogP contribution in [-0.2, 0) is 11.2 Å². The summed E-state index contributed by atoms with van der Waals surface area (Å²) >= 11 is 12.0. The van der Waals surface area contributed by atoms with E-state index < -0.39 is 0 Å². The maximum Gasteiger partial charge on any atom is 0.311 e. The summed E-state index contributed by atoms with van der Waals surface area (Å²) in [7, 11) is 0. The summed E-state index contributed by atoms with van der Waals surface area (Å²) in [6, 6.07) is 46.2. The Morgan fingerprint density at radius 3 is 1.59 bits per heavy atom. The summed E-state index contributed by atoms with van der Waals surface area (Å²) in [5.74, 6) is 1.28. The molecule has 10 rings (SSSR count). The van der Waals surface area contributed by atoms with E-state index in [0.717, 1.165) is 120 Å². The van der Waals surface area contributed by atoms with Crippen LogP contribution in [0.15, 0.2) is 196 Å². The molecule has 70 heavy (non-hydrogen) atoms. The van der Waals surface area contributed by atoms with Gasteiger partial charge in [0.15, 0.2) is 0 Å². The van der Waals surface area contributed by atoms with Gasteiger partial charge in [-0.05, 0) is 122 Å². The molecule has 5 heterocycles.